The molecule has 1 amide bonds. The SMILES string of the molecule is C[C@@H]1OC2Cc3cc(C(F)(F)F)ccc3[C@@H]2NC1=O. The predicted molar refractivity (Wildman–Crippen MR) is 60.4 cm³/mol. The number of carbonyl (C=O) groups is 1. The normalized spacial score (nSPS) is 29.7. The van der Waals surface area contributed by atoms with Crippen LogP contribution in [0.1, 0.15) is 29.7 Å². The Morgan fingerprint density at radius 3 is 2.79 bits per heavy atom. The van der Waals surface area contributed by atoms with E-state index in [0.29, 0.717) is 12.0 Å². The number of nitrogens with one attached hydrogen (secondary N) is 1. The number of halogens is 3. The average molecular weight is 271 g/mol. The molecule has 1 aliphatic heterocycles. The standard InChI is InChI=1S/C13H12F3NO2/c1-6-12(18)17-11-9-3-2-8(13(14,15)16)4-7(9)5-10(11)19-6/h2-4,6,10-11H,5H2,1H3,(H,17,18)/t6-,10?,11-/m0/s1. The van der Waals surface area contributed by atoms with Gasteiger partial charge in [0.25, 0.3) is 0 Å². The third-order valence-electron chi connectivity index (χ3n) is 3.64. The molecule has 1 aromatic carbocycles. The number of hydrogen-bond acceptors (Lipinski definition) is 2. The summed E-state index contributed by atoms with van der Waals surface area (Å²) in [6.45, 7) is 1.63. The van der Waals surface area contributed by atoms with E-state index in [1.54, 1.807) is 6.92 Å². The largest absolute Gasteiger partial charge is 0.416 e. The van der Waals surface area contributed by atoms with Crippen molar-refractivity contribution in [2.24, 2.45) is 0 Å². The Labute approximate surface area is 107 Å². The second-order valence-electron chi connectivity index (χ2n) is 4.92. The van der Waals surface area contributed by atoms with Crippen LogP contribution in [0.15, 0.2) is 18.2 Å². The monoisotopic (exact) mass is 271 g/mol. The van der Waals surface area contributed by atoms with E-state index < -0.39 is 17.8 Å². The van der Waals surface area contributed by atoms with E-state index in [4.69, 9.17) is 4.74 Å². The van der Waals surface area contributed by atoms with Crippen molar-refractivity contribution in [3.05, 3.63) is 34.9 Å². The van der Waals surface area contributed by atoms with Gasteiger partial charge < -0.3 is 10.1 Å². The minimum Gasteiger partial charge on any atom is -0.363 e. The number of hydrogen-bond donors (Lipinski definition) is 1. The number of fused-ring (bicyclic) bond motifs is 3. The van der Waals surface area contributed by atoms with Crippen LogP contribution in [0.4, 0.5) is 13.2 Å². The van der Waals surface area contributed by atoms with Gasteiger partial charge in [0.1, 0.15) is 6.10 Å². The molecule has 1 unspecified atom stereocenters. The van der Waals surface area contributed by atoms with Gasteiger partial charge in [-0.1, -0.05) is 6.07 Å². The van der Waals surface area contributed by atoms with Crippen LogP contribution in [0.25, 0.3) is 0 Å². The second-order valence-corrected chi connectivity index (χ2v) is 4.92. The van der Waals surface area contributed by atoms with Crippen LogP contribution in [0.5, 0.6) is 0 Å². The molecule has 3 nitrogen and oxygen atoms in total. The number of amides is 1. The highest BCUT2D eigenvalue weighted by Gasteiger charge is 2.42. The first kappa shape index (κ1) is 12.5. The first-order chi connectivity index (χ1) is 8.86. The Hall–Kier alpha value is -1.56. The fraction of sp³-hybridized carbons (Fsp3) is 0.462. The van der Waals surface area contributed by atoms with Crippen molar-refractivity contribution in [1.82, 2.24) is 5.32 Å². The zero-order valence-electron chi connectivity index (χ0n) is 10.1. The maximum atomic E-state index is 12.6. The zero-order chi connectivity index (χ0) is 13.8. The van der Waals surface area contributed by atoms with Gasteiger partial charge in [0.05, 0.1) is 17.7 Å². The molecule has 1 aliphatic carbocycles. The van der Waals surface area contributed by atoms with Crippen molar-refractivity contribution < 1.29 is 22.7 Å². The van der Waals surface area contributed by atoms with Crippen molar-refractivity contribution in [2.45, 2.75) is 37.8 Å². The maximum absolute atomic E-state index is 12.6. The molecule has 0 radical (unpaired) electrons. The summed E-state index contributed by atoms with van der Waals surface area (Å²) in [5.41, 5.74) is 0.654. The number of ether oxygens (including phenoxy) is 1. The summed E-state index contributed by atoms with van der Waals surface area (Å²) in [4.78, 5) is 11.6. The molecule has 1 heterocycles. The number of rotatable bonds is 0. The highest BCUT2D eigenvalue weighted by atomic mass is 19.4. The van der Waals surface area contributed by atoms with Crippen LogP contribution in [-0.4, -0.2) is 18.1 Å². The molecule has 0 spiro atoms. The summed E-state index contributed by atoms with van der Waals surface area (Å²) in [5, 5.41) is 2.80. The average Bonchev–Trinajstić information content (AvgIpc) is 2.65. The number of benzene rings is 1. The number of alkyl halides is 3. The van der Waals surface area contributed by atoms with Crippen molar-refractivity contribution in [3.63, 3.8) is 0 Å². The highest BCUT2D eigenvalue weighted by molar-refractivity contribution is 5.82. The first-order valence-corrected chi connectivity index (χ1v) is 6.02. The fourth-order valence-corrected chi connectivity index (χ4v) is 2.69. The lowest BCUT2D eigenvalue weighted by Gasteiger charge is -2.31. The molecule has 102 valence electrons. The molecule has 0 saturated carbocycles. The van der Waals surface area contributed by atoms with Gasteiger partial charge in [-0.2, -0.15) is 13.2 Å². The Bertz CT molecular complexity index is 541. The molecule has 6 heteroatoms. The molecule has 0 bridgehead atoms. The lowest BCUT2D eigenvalue weighted by Crippen LogP contribution is -2.48. The number of carbonyl (C=O) groups excluding carboxylic acids is 1. The van der Waals surface area contributed by atoms with E-state index in [0.717, 1.165) is 17.7 Å². The lowest BCUT2D eigenvalue weighted by molar-refractivity contribution is -0.146. The van der Waals surface area contributed by atoms with E-state index in [-0.39, 0.29) is 18.1 Å². The molecule has 3 atom stereocenters. The Kier molecular flexibility index (Phi) is 2.60. The van der Waals surface area contributed by atoms with Gasteiger partial charge in [-0.15, -0.1) is 0 Å². The van der Waals surface area contributed by atoms with Gasteiger partial charge in [-0.3, -0.25) is 4.79 Å². The van der Waals surface area contributed by atoms with Crippen LogP contribution >= 0.6 is 0 Å². The van der Waals surface area contributed by atoms with Crippen molar-refractivity contribution in [3.8, 4) is 0 Å². The van der Waals surface area contributed by atoms with Gasteiger partial charge in [0, 0.05) is 6.42 Å². The van der Waals surface area contributed by atoms with Crippen LogP contribution < -0.4 is 5.32 Å². The van der Waals surface area contributed by atoms with Crippen molar-refractivity contribution in [2.75, 3.05) is 0 Å². The van der Waals surface area contributed by atoms with Gasteiger partial charge in [-0.25, -0.2) is 0 Å². The molecular weight excluding hydrogens is 259 g/mol. The minimum atomic E-state index is -4.35. The van der Waals surface area contributed by atoms with Gasteiger partial charge >= 0.3 is 6.18 Å². The Balaban J connectivity index is 1.95. The summed E-state index contributed by atoms with van der Waals surface area (Å²) in [5.74, 6) is -0.228. The molecule has 1 N–H and O–H groups in total. The quantitative estimate of drug-likeness (QED) is 0.785. The minimum absolute atomic E-state index is 0.228. The van der Waals surface area contributed by atoms with Crippen molar-refractivity contribution in [1.29, 1.82) is 0 Å². The molecule has 1 saturated heterocycles. The Morgan fingerprint density at radius 1 is 1.37 bits per heavy atom. The van der Waals surface area contributed by atoms with Gasteiger partial charge in [-0.05, 0) is 30.2 Å². The van der Waals surface area contributed by atoms with E-state index in [2.05, 4.69) is 5.32 Å². The molecule has 0 aromatic heterocycles. The molecule has 2 aliphatic rings. The van der Waals surface area contributed by atoms with Gasteiger partial charge in [0.15, 0.2) is 0 Å². The molecular formula is C13H12F3NO2. The van der Waals surface area contributed by atoms with Crippen LogP contribution in [0.2, 0.25) is 0 Å². The first-order valence-electron chi connectivity index (χ1n) is 6.02. The third kappa shape index (κ3) is 2.00. The second kappa shape index (κ2) is 3.96. The molecule has 19 heavy (non-hydrogen) atoms. The van der Waals surface area contributed by atoms with E-state index >= 15 is 0 Å². The highest BCUT2D eigenvalue weighted by Crippen LogP contribution is 2.39. The van der Waals surface area contributed by atoms with Gasteiger partial charge in [0.2, 0.25) is 5.91 Å². The summed E-state index contributed by atoms with van der Waals surface area (Å²) >= 11 is 0. The van der Waals surface area contributed by atoms with Crippen LogP contribution in [0, 0.1) is 0 Å². The van der Waals surface area contributed by atoms with E-state index in [1.165, 1.54) is 6.07 Å². The van der Waals surface area contributed by atoms with Crippen LogP contribution in [0.3, 0.4) is 0 Å². The summed E-state index contributed by atoms with van der Waals surface area (Å²) in [7, 11) is 0. The van der Waals surface area contributed by atoms with E-state index in [9.17, 15) is 18.0 Å². The summed E-state index contributed by atoms with van der Waals surface area (Å²) < 4.78 is 43.5. The van der Waals surface area contributed by atoms with E-state index in [1.807, 2.05) is 0 Å². The molecule has 1 aromatic rings. The van der Waals surface area contributed by atoms with Crippen molar-refractivity contribution >= 4 is 5.91 Å². The predicted octanol–water partition coefficient (Wildman–Crippen LogP) is 2.21. The Morgan fingerprint density at radius 2 is 2.11 bits per heavy atom. The maximum Gasteiger partial charge on any atom is 0.416 e. The number of morpholine rings is 1. The molecule has 3 rings (SSSR count). The summed E-state index contributed by atoms with van der Waals surface area (Å²) in [6.07, 6.45) is -4.78. The molecule has 1 fully saturated rings. The lowest BCUT2D eigenvalue weighted by atomic mass is 10.0. The topological polar surface area (TPSA) is 38.3 Å². The third-order valence-corrected chi connectivity index (χ3v) is 3.64. The summed E-state index contributed by atoms with van der Waals surface area (Å²) in [6, 6.07) is 3.29. The zero-order valence-corrected chi connectivity index (χ0v) is 10.1. The van der Waals surface area contributed by atoms with Crippen LogP contribution in [-0.2, 0) is 22.1 Å². The fourth-order valence-electron chi connectivity index (χ4n) is 2.69. The smallest absolute Gasteiger partial charge is 0.363 e.